The largest absolute Gasteiger partial charge is 0.573 e. The lowest BCUT2D eigenvalue weighted by Crippen LogP contribution is -2.31. The molecule has 12 heteroatoms. The minimum atomic E-state index is -4.72. The van der Waals surface area contributed by atoms with E-state index in [2.05, 4.69) is 46.6 Å². The van der Waals surface area contributed by atoms with Crippen LogP contribution in [-0.2, 0) is 6.54 Å². The molecular weight excluding hydrogens is 582 g/mol. The summed E-state index contributed by atoms with van der Waals surface area (Å²) in [7, 11) is 1.85. The van der Waals surface area contributed by atoms with E-state index in [1.54, 1.807) is 12.1 Å². The number of nitrogens with zero attached hydrogens (tertiary/aromatic N) is 2. The minimum absolute atomic E-state index is 0. The molecule has 0 spiro atoms. The summed E-state index contributed by atoms with van der Waals surface area (Å²) in [5.41, 5.74) is 1.37. The van der Waals surface area contributed by atoms with Crippen molar-refractivity contribution < 1.29 is 17.9 Å². The molecule has 6 nitrogen and oxygen atoms in total. The first-order valence-corrected chi connectivity index (χ1v) is 12.1. The highest BCUT2D eigenvalue weighted by atomic mass is 79.9. The van der Waals surface area contributed by atoms with Crippen molar-refractivity contribution in [3.8, 4) is 5.75 Å². The van der Waals surface area contributed by atoms with E-state index in [4.69, 9.17) is 0 Å². The van der Waals surface area contributed by atoms with Crippen molar-refractivity contribution >= 4 is 63.4 Å². The first-order valence-electron chi connectivity index (χ1n) is 11.3. The number of hydrogen-bond donors (Lipinski definition) is 3. The molecule has 0 unspecified atom stereocenters. The Morgan fingerprint density at radius 2 is 1.75 bits per heavy atom. The Kier molecular flexibility index (Phi) is 11.3. The Bertz CT molecular complexity index is 1130. The monoisotopic (exact) mass is 609 g/mol. The summed E-state index contributed by atoms with van der Waals surface area (Å²) in [6, 6.07) is 12.9. The third kappa shape index (κ3) is 8.26. The number of benzene rings is 2. The molecule has 1 fully saturated rings. The molecule has 1 aliphatic carbocycles. The third-order valence-electron chi connectivity index (χ3n) is 6.02. The molecule has 1 aliphatic rings. The van der Waals surface area contributed by atoms with Gasteiger partial charge in [-0.05, 0) is 62.4 Å². The van der Waals surface area contributed by atoms with Crippen molar-refractivity contribution in [2.24, 2.45) is 5.92 Å². The third-order valence-corrected chi connectivity index (χ3v) is 6.52. The van der Waals surface area contributed by atoms with Gasteiger partial charge in [0, 0.05) is 35.1 Å². The van der Waals surface area contributed by atoms with Gasteiger partial charge < -0.3 is 20.7 Å². The molecule has 4 rings (SSSR count). The Balaban J connectivity index is 0.00000228. The van der Waals surface area contributed by atoms with Crippen LogP contribution in [0.4, 0.5) is 24.9 Å². The van der Waals surface area contributed by atoms with E-state index in [-0.39, 0.29) is 30.6 Å². The number of ether oxygens (including phenoxy) is 1. The number of aromatic nitrogens is 2. The molecule has 36 heavy (non-hydrogen) atoms. The van der Waals surface area contributed by atoms with Crippen LogP contribution in [0.5, 0.6) is 5.75 Å². The number of halogens is 6. The summed E-state index contributed by atoms with van der Waals surface area (Å²) in [4.78, 5) is 9.26. The van der Waals surface area contributed by atoms with Gasteiger partial charge in [-0.3, -0.25) is 0 Å². The molecule has 0 bridgehead atoms. The van der Waals surface area contributed by atoms with Crippen molar-refractivity contribution in [3.63, 3.8) is 0 Å². The van der Waals surface area contributed by atoms with Crippen molar-refractivity contribution in [2.75, 3.05) is 24.2 Å². The van der Waals surface area contributed by atoms with Gasteiger partial charge in [0.05, 0.1) is 5.52 Å². The second kappa shape index (κ2) is 13.5. The normalized spacial score (nSPS) is 17.6. The molecule has 0 saturated heterocycles. The van der Waals surface area contributed by atoms with Crippen LogP contribution < -0.4 is 20.7 Å². The fraction of sp³-hybridized carbons (Fsp3) is 0.417. The molecule has 3 N–H and O–H groups in total. The van der Waals surface area contributed by atoms with Crippen molar-refractivity contribution in [1.29, 1.82) is 0 Å². The number of para-hydroxylation sites is 1. The molecule has 0 amide bonds. The van der Waals surface area contributed by atoms with Crippen LogP contribution >= 0.6 is 40.7 Å². The highest BCUT2D eigenvalue weighted by molar-refractivity contribution is 9.10. The van der Waals surface area contributed by atoms with Gasteiger partial charge in [-0.1, -0.05) is 34.1 Å². The Hall–Kier alpha value is -2.01. The van der Waals surface area contributed by atoms with Crippen LogP contribution in [0, 0.1) is 5.92 Å². The molecule has 2 aromatic carbocycles. The van der Waals surface area contributed by atoms with E-state index >= 15 is 0 Å². The molecule has 0 aliphatic heterocycles. The van der Waals surface area contributed by atoms with Crippen LogP contribution in [0.15, 0.2) is 46.9 Å². The van der Waals surface area contributed by atoms with Crippen molar-refractivity contribution in [3.05, 3.63) is 52.5 Å². The van der Waals surface area contributed by atoms with Crippen LogP contribution in [0.25, 0.3) is 10.9 Å². The SMILES string of the molecule is CNc1nc(N[C@H]2CC[C@@H](CNCc3ccc(Br)cc3OC(F)(F)F)CC2)nc2ccccc12.Cl.Cl. The lowest BCUT2D eigenvalue weighted by Gasteiger charge is -2.29. The van der Waals surface area contributed by atoms with Gasteiger partial charge in [0.25, 0.3) is 0 Å². The second-order valence-corrected chi connectivity index (χ2v) is 9.37. The van der Waals surface area contributed by atoms with Crippen LogP contribution in [-0.4, -0.2) is 36.0 Å². The molecule has 198 valence electrons. The summed E-state index contributed by atoms with van der Waals surface area (Å²) in [6.45, 7) is 1.05. The fourth-order valence-corrected chi connectivity index (χ4v) is 4.67. The van der Waals surface area contributed by atoms with Gasteiger partial charge in [-0.15, -0.1) is 38.0 Å². The quantitative estimate of drug-likeness (QED) is 0.257. The predicted octanol–water partition coefficient (Wildman–Crippen LogP) is 6.94. The smallest absolute Gasteiger partial charge is 0.405 e. The van der Waals surface area contributed by atoms with Gasteiger partial charge in [0.2, 0.25) is 5.95 Å². The summed E-state index contributed by atoms with van der Waals surface area (Å²) < 4.78 is 42.8. The molecule has 1 saturated carbocycles. The van der Waals surface area contributed by atoms with E-state index in [0.29, 0.717) is 34.5 Å². The maximum absolute atomic E-state index is 12.7. The van der Waals surface area contributed by atoms with E-state index in [9.17, 15) is 13.2 Å². The zero-order valence-corrected chi connectivity index (χ0v) is 22.8. The zero-order chi connectivity index (χ0) is 24.1. The summed E-state index contributed by atoms with van der Waals surface area (Å²) in [6.07, 6.45) is -0.716. The summed E-state index contributed by atoms with van der Waals surface area (Å²) >= 11 is 3.20. The number of hydrogen-bond acceptors (Lipinski definition) is 6. The molecule has 1 aromatic heterocycles. The van der Waals surface area contributed by atoms with Gasteiger partial charge >= 0.3 is 6.36 Å². The van der Waals surface area contributed by atoms with Crippen LogP contribution in [0.3, 0.4) is 0 Å². The maximum atomic E-state index is 12.7. The molecule has 0 radical (unpaired) electrons. The zero-order valence-electron chi connectivity index (χ0n) is 19.6. The second-order valence-electron chi connectivity index (χ2n) is 8.46. The van der Waals surface area contributed by atoms with Gasteiger partial charge in [0.15, 0.2) is 0 Å². The van der Waals surface area contributed by atoms with Gasteiger partial charge in [-0.2, -0.15) is 4.98 Å². The fourth-order valence-electron chi connectivity index (χ4n) is 4.33. The average Bonchev–Trinajstić information content (AvgIpc) is 2.80. The van der Waals surface area contributed by atoms with Gasteiger partial charge in [-0.25, -0.2) is 4.98 Å². The van der Waals surface area contributed by atoms with Crippen LogP contribution in [0.1, 0.15) is 31.2 Å². The first-order chi connectivity index (χ1) is 16.3. The number of rotatable bonds is 8. The van der Waals surface area contributed by atoms with E-state index in [1.165, 1.54) is 6.07 Å². The maximum Gasteiger partial charge on any atom is 0.573 e. The number of alkyl halides is 3. The predicted molar refractivity (Wildman–Crippen MR) is 145 cm³/mol. The Morgan fingerprint density at radius 3 is 2.44 bits per heavy atom. The summed E-state index contributed by atoms with van der Waals surface area (Å²) in [5.74, 6) is 1.70. The molecular formula is C24H29BrCl2F3N5O. The minimum Gasteiger partial charge on any atom is -0.405 e. The van der Waals surface area contributed by atoms with E-state index in [1.807, 2.05) is 31.3 Å². The number of fused-ring (bicyclic) bond motifs is 1. The highest BCUT2D eigenvalue weighted by Crippen LogP contribution is 2.30. The molecule has 1 heterocycles. The lowest BCUT2D eigenvalue weighted by atomic mass is 9.86. The summed E-state index contributed by atoms with van der Waals surface area (Å²) in [5, 5.41) is 10.9. The topological polar surface area (TPSA) is 71.1 Å². The highest BCUT2D eigenvalue weighted by Gasteiger charge is 2.32. The standard InChI is InChI=1S/C24H27BrF3N5O.2ClH/c1-29-22-19-4-2-3-5-20(19)32-23(33-22)31-18-10-6-15(7-11-18)13-30-14-16-8-9-17(25)12-21(16)34-24(26,27)28;;/h2-5,8-9,12,15,18,30H,6-7,10-11,13-14H2,1H3,(H2,29,31,32,33);2*1H/t15-,18+;;. The molecule has 3 aromatic rings. The van der Waals surface area contributed by atoms with Gasteiger partial charge in [0.1, 0.15) is 11.6 Å². The number of anilines is 2. The Morgan fingerprint density at radius 1 is 1.03 bits per heavy atom. The van der Waals surface area contributed by atoms with Crippen LogP contribution in [0.2, 0.25) is 0 Å². The lowest BCUT2D eigenvalue weighted by molar-refractivity contribution is -0.274. The van der Waals surface area contributed by atoms with Crippen molar-refractivity contribution in [2.45, 2.75) is 44.6 Å². The number of nitrogens with one attached hydrogen (secondary N) is 3. The van der Waals surface area contributed by atoms with E-state index in [0.717, 1.165) is 48.9 Å². The average molecular weight is 611 g/mol. The van der Waals surface area contributed by atoms with Crippen molar-refractivity contribution in [1.82, 2.24) is 15.3 Å². The molecule has 0 atom stereocenters. The Labute approximate surface area is 229 Å². The van der Waals surface area contributed by atoms with E-state index < -0.39 is 6.36 Å². The first kappa shape index (κ1) is 30.2.